The Hall–Kier alpha value is -1.10. The van der Waals surface area contributed by atoms with Gasteiger partial charge in [-0.2, -0.15) is 0 Å². The normalized spacial score (nSPS) is 16.9. The van der Waals surface area contributed by atoms with Crippen LogP contribution in [0.2, 0.25) is 0 Å². The summed E-state index contributed by atoms with van der Waals surface area (Å²) >= 11 is 3.40. The molecule has 0 saturated carbocycles. The van der Waals surface area contributed by atoms with Crippen LogP contribution in [0.5, 0.6) is 0 Å². The van der Waals surface area contributed by atoms with Gasteiger partial charge < -0.3 is 10.2 Å². The Balaban J connectivity index is 1.88. The van der Waals surface area contributed by atoms with E-state index in [-0.39, 0.29) is 5.91 Å². The fourth-order valence-corrected chi connectivity index (χ4v) is 2.43. The lowest BCUT2D eigenvalue weighted by atomic mass is 10.0. The first-order valence-corrected chi connectivity index (χ1v) is 6.57. The Labute approximate surface area is 110 Å². The molecule has 1 amide bonds. The highest BCUT2D eigenvalue weighted by atomic mass is 79.9. The molecule has 0 aliphatic carbocycles. The highest BCUT2D eigenvalue weighted by molar-refractivity contribution is 9.10. The maximum atomic E-state index is 11.2. The van der Waals surface area contributed by atoms with Gasteiger partial charge in [0.1, 0.15) is 0 Å². The number of aromatic nitrogens is 1. The lowest BCUT2D eigenvalue weighted by Gasteiger charge is -2.32. The van der Waals surface area contributed by atoms with Crippen molar-refractivity contribution in [2.24, 2.45) is 0 Å². The minimum Gasteiger partial charge on any atom is -0.381 e. The van der Waals surface area contributed by atoms with Gasteiger partial charge in [0.05, 0.1) is 11.9 Å². The van der Waals surface area contributed by atoms with Crippen LogP contribution in [0.1, 0.15) is 19.8 Å². The molecular formula is C12H16BrN3O. The van der Waals surface area contributed by atoms with Crippen molar-refractivity contribution in [2.75, 3.05) is 18.4 Å². The molecule has 1 aliphatic rings. The SMILES string of the molecule is CC(=O)N1CCC(Nc2cncc(Br)c2)CC1. The Morgan fingerprint density at radius 3 is 2.76 bits per heavy atom. The zero-order chi connectivity index (χ0) is 12.3. The van der Waals surface area contributed by atoms with Crippen LogP contribution >= 0.6 is 15.9 Å². The molecular weight excluding hydrogens is 282 g/mol. The molecule has 0 aromatic carbocycles. The third kappa shape index (κ3) is 3.43. The molecule has 1 aromatic heterocycles. The van der Waals surface area contributed by atoms with E-state index < -0.39 is 0 Å². The van der Waals surface area contributed by atoms with Crippen molar-refractivity contribution < 1.29 is 4.79 Å². The third-order valence-corrected chi connectivity index (χ3v) is 3.45. The molecule has 2 rings (SSSR count). The molecule has 17 heavy (non-hydrogen) atoms. The average molecular weight is 298 g/mol. The Morgan fingerprint density at radius 1 is 1.47 bits per heavy atom. The van der Waals surface area contributed by atoms with Gasteiger partial charge in [-0.05, 0) is 34.8 Å². The summed E-state index contributed by atoms with van der Waals surface area (Å²) in [6.45, 7) is 3.31. The van der Waals surface area contributed by atoms with Crippen LogP contribution in [0, 0.1) is 0 Å². The summed E-state index contributed by atoms with van der Waals surface area (Å²) in [5.74, 6) is 0.174. The van der Waals surface area contributed by atoms with Crippen LogP contribution in [0.3, 0.4) is 0 Å². The number of carbonyl (C=O) groups excluding carboxylic acids is 1. The number of hydrogen-bond donors (Lipinski definition) is 1. The van der Waals surface area contributed by atoms with Gasteiger partial charge in [0.25, 0.3) is 0 Å². The summed E-state index contributed by atoms with van der Waals surface area (Å²) in [6, 6.07) is 2.45. The zero-order valence-electron chi connectivity index (χ0n) is 9.82. The maximum absolute atomic E-state index is 11.2. The van der Waals surface area contributed by atoms with Gasteiger partial charge in [0.15, 0.2) is 0 Å². The van der Waals surface area contributed by atoms with Crippen LogP contribution in [0.4, 0.5) is 5.69 Å². The molecule has 0 unspecified atom stereocenters. The lowest BCUT2D eigenvalue weighted by molar-refractivity contribution is -0.129. The van der Waals surface area contributed by atoms with Crippen molar-refractivity contribution in [3.05, 3.63) is 22.9 Å². The molecule has 1 N–H and O–H groups in total. The number of nitrogens with one attached hydrogen (secondary N) is 1. The maximum Gasteiger partial charge on any atom is 0.219 e. The second kappa shape index (κ2) is 5.49. The topological polar surface area (TPSA) is 45.2 Å². The van der Waals surface area contributed by atoms with Crippen LogP contribution in [-0.2, 0) is 4.79 Å². The van der Waals surface area contributed by atoms with Crippen LogP contribution in [0.15, 0.2) is 22.9 Å². The Bertz CT molecular complexity index is 402. The second-order valence-corrected chi connectivity index (χ2v) is 5.23. The minimum absolute atomic E-state index is 0.174. The number of amides is 1. The molecule has 92 valence electrons. The number of likely N-dealkylation sites (tertiary alicyclic amines) is 1. The molecule has 4 nitrogen and oxygen atoms in total. The quantitative estimate of drug-likeness (QED) is 0.911. The number of carbonyl (C=O) groups is 1. The van der Waals surface area contributed by atoms with E-state index in [1.807, 2.05) is 17.2 Å². The minimum atomic E-state index is 0.174. The molecule has 1 aliphatic heterocycles. The standard InChI is InChI=1S/C12H16BrN3O/c1-9(17)16-4-2-11(3-5-16)15-12-6-10(13)7-14-8-12/h6-8,11,15H,2-5H2,1H3. The smallest absolute Gasteiger partial charge is 0.219 e. The largest absolute Gasteiger partial charge is 0.381 e. The van der Waals surface area contributed by atoms with E-state index in [4.69, 9.17) is 0 Å². The molecule has 2 heterocycles. The summed E-state index contributed by atoms with van der Waals surface area (Å²) in [4.78, 5) is 17.2. The number of pyridine rings is 1. The van der Waals surface area contributed by atoms with Gasteiger partial charge in [-0.3, -0.25) is 9.78 Å². The number of rotatable bonds is 2. The van der Waals surface area contributed by atoms with E-state index in [0.29, 0.717) is 6.04 Å². The van der Waals surface area contributed by atoms with Crippen molar-refractivity contribution >= 4 is 27.5 Å². The molecule has 0 spiro atoms. The van der Waals surface area contributed by atoms with Crippen molar-refractivity contribution in [3.63, 3.8) is 0 Å². The molecule has 1 aromatic rings. The van der Waals surface area contributed by atoms with E-state index >= 15 is 0 Å². The fraction of sp³-hybridized carbons (Fsp3) is 0.500. The number of anilines is 1. The van der Waals surface area contributed by atoms with E-state index in [1.165, 1.54) is 0 Å². The van der Waals surface area contributed by atoms with Gasteiger partial charge >= 0.3 is 0 Å². The van der Waals surface area contributed by atoms with Crippen molar-refractivity contribution in [1.29, 1.82) is 0 Å². The average Bonchev–Trinajstić information content (AvgIpc) is 2.29. The van der Waals surface area contributed by atoms with Crippen molar-refractivity contribution in [1.82, 2.24) is 9.88 Å². The first-order valence-electron chi connectivity index (χ1n) is 5.78. The summed E-state index contributed by atoms with van der Waals surface area (Å²) in [5.41, 5.74) is 1.03. The summed E-state index contributed by atoms with van der Waals surface area (Å²) in [6.07, 6.45) is 5.57. The summed E-state index contributed by atoms with van der Waals surface area (Å²) in [7, 11) is 0. The van der Waals surface area contributed by atoms with E-state index in [9.17, 15) is 4.79 Å². The molecule has 5 heteroatoms. The number of hydrogen-bond acceptors (Lipinski definition) is 3. The summed E-state index contributed by atoms with van der Waals surface area (Å²) < 4.78 is 0.976. The fourth-order valence-electron chi connectivity index (χ4n) is 2.07. The lowest BCUT2D eigenvalue weighted by Crippen LogP contribution is -2.41. The highest BCUT2D eigenvalue weighted by Gasteiger charge is 2.20. The molecule has 0 bridgehead atoms. The predicted octanol–water partition coefficient (Wildman–Crippen LogP) is 2.27. The zero-order valence-corrected chi connectivity index (χ0v) is 11.4. The van der Waals surface area contributed by atoms with Gasteiger partial charge in [-0.25, -0.2) is 0 Å². The first-order chi connectivity index (χ1) is 8.15. The molecule has 0 radical (unpaired) electrons. The van der Waals surface area contributed by atoms with E-state index in [0.717, 1.165) is 36.1 Å². The molecule has 1 saturated heterocycles. The predicted molar refractivity (Wildman–Crippen MR) is 70.8 cm³/mol. The molecule has 0 atom stereocenters. The third-order valence-electron chi connectivity index (χ3n) is 3.02. The number of nitrogens with zero attached hydrogens (tertiary/aromatic N) is 2. The van der Waals surface area contributed by atoms with Crippen LogP contribution in [-0.4, -0.2) is 34.9 Å². The van der Waals surface area contributed by atoms with Crippen LogP contribution in [0.25, 0.3) is 0 Å². The molecule has 1 fully saturated rings. The Morgan fingerprint density at radius 2 is 2.18 bits per heavy atom. The van der Waals surface area contributed by atoms with Gasteiger partial charge in [-0.15, -0.1) is 0 Å². The Kier molecular flexibility index (Phi) is 3.99. The monoisotopic (exact) mass is 297 g/mol. The highest BCUT2D eigenvalue weighted by Crippen LogP contribution is 2.18. The van der Waals surface area contributed by atoms with Gasteiger partial charge in [0, 0.05) is 36.7 Å². The second-order valence-electron chi connectivity index (χ2n) is 4.32. The van der Waals surface area contributed by atoms with E-state index in [1.54, 1.807) is 13.1 Å². The van der Waals surface area contributed by atoms with E-state index in [2.05, 4.69) is 26.2 Å². The summed E-state index contributed by atoms with van der Waals surface area (Å²) in [5, 5.41) is 3.45. The first kappa shape index (κ1) is 12.4. The number of piperidine rings is 1. The van der Waals surface area contributed by atoms with Crippen LogP contribution < -0.4 is 5.32 Å². The van der Waals surface area contributed by atoms with Gasteiger partial charge in [0.2, 0.25) is 5.91 Å². The van der Waals surface area contributed by atoms with Crippen molar-refractivity contribution in [2.45, 2.75) is 25.8 Å². The van der Waals surface area contributed by atoms with Gasteiger partial charge in [-0.1, -0.05) is 0 Å². The van der Waals surface area contributed by atoms with Crippen molar-refractivity contribution in [3.8, 4) is 0 Å². The number of halogens is 1.